The lowest BCUT2D eigenvalue weighted by atomic mass is 9.62. The molecule has 0 saturated heterocycles. The van der Waals surface area contributed by atoms with E-state index in [0.29, 0.717) is 12.8 Å². The van der Waals surface area contributed by atoms with Crippen LogP contribution in [0.25, 0.3) is 0 Å². The number of likely N-dealkylation sites (N-methyl/N-ethyl adjacent to an activating group) is 1. The number of phenols is 1. The van der Waals surface area contributed by atoms with E-state index in [0.717, 1.165) is 24.8 Å². The van der Waals surface area contributed by atoms with Crippen molar-refractivity contribution in [2.24, 2.45) is 0 Å². The predicted molar refractivity (Wildman–Crippen MR) is 86.1 cm³/mol. The molecule has 1 fully saturated rings. The van der Waals surface area contributed by atoms with Crippen molar-refractivity contribution in [3.8, 4) is 5.75 Å². The molecule has 116 valence electrons. The van der Waals surface area contributed by atoms with Crippen molar-refractivity contribution in [3.05, 3.63) is 29.8 Å². The average molecular weight is 291 g/mol. The molecule has 4 nitrogen and oxygen atoms in total. The first-order chi connectivity index (χ1) is 9.77. The molecule has 0 heterocycles. The predicted octanol–water partition coefficient (Wildman–Crippen LogP) is 1.01. The molecule has 0 bridgehead atoms. The van der Waals surface area contributed by atoms with Gasteiger partial charge < -0.3 is 15.3 Å². The van der Waals surface area contributed by atoms with E-state index in [-0.39, 0.29) is 5.75 Å². The van der Waals surface area contributed by atoms with E-state index in [1.807, 2.05) is 14.1 Å². The lowest BCUT2D eigenvalue weighted by Gasteiger charge is -2.49. The number of nitrogens with zero attached hydrogens (tertiary/aromatic N) is 1. The van der Waals surface area contributed by atoms with Crippen molar-refractivity contribution in [1.29, 1.82) is 0 Å². The van der Waals surface area contributed by atoms with Crippen LogP contribution in [-0.4, -0.2) is 53.4 Å². The summed E-state index contributed by atoms with van der Waals surface area (Å²) in [7, 11) is 5.39. The van der Waals surface area contributed by atoms with Gasteiger partial charge in [-0.3, -0.25) is 4.90 Å². The van der Waals surface area contributed by atoms with Gasteiger partial charge in [0.1, 0.15) is 5.75 Å². The summed E-state index contributed by atoms with van der Waals surface area (Å²) in [4.78, 5) is 1.75. The molecule has 1 aliphatic carbocycles. The van der Waals surface area contributed by atoms with Crippen LogP contribution >= 0.6 is 0 Å². The van der Waals surface area contributed by atoms with E-state index in [1.54, 1.807) is 37.0 Å². The van der Waals surface area contributed by atoms with Crippen molar-refractivity contribution in [2.45, 2.75) is 49.2 Å². The minimum absolute atomic E-state index is 0.192. The third kappa shape index (κ3) is 3.25. The minimum Gasteiger partial charge on any atom is -0.508 e. The van der Waals surface area contributed by atoms with E-state index < -0.39 is 17.1 Å². The van der Waals surface area contributed by atoms with Crippen molar-refractivity contribution in [1.82, 2.24) is 4.90 Å². The first kappa shape index (κ1) is 16.3. The van der Waals surface area contributed by atoms with Crippen LogP contribution < -0.4 is 0 Å². The van der Waals surface area contributed by atoms with Gasteiger partial charge in [-0.2, -0.15) is 0 Å². The van der Waals surface area contributed by atoms with Crippen LogP contribution in [0.4, 0.5) is 0 Å². The van der Waals surface area contributed by atoms with Gasteiger partial charge in [0.05, 0.1) is 11.2 Å². The molecule has 0 aromatic heterocycles. The van der Waals surface area contributed by atoms with Gasteiger partial charge in [-0.05, 0) is 44.6 Å². The van der Waals surface area contributed by atoms with Gasteiger partial charge in [0.25, 0.3) is 0 Å². The summed E-state index contributed by atoms with van der Waals surface area (Å²) in [6, 6.07) is 6.82. The minimum atomic E-state index is -1.16. The van der Waals surface area contributed by atoms with Crippen LogP contribution in [0.5, 0.6) is 5.75 Å². The lowest BCUT2D eigenvalue weighted by Crippen LogP contribution is -2.58. The van der Waals surface area contributed by atoms with Crippen molar-refractivity contribution >= 4 is 7.85 Å². The van der Waals surface area contributed by atoms with Gasteiger partial charge in [-0.1, -0.05) is 31.4 Å². The number of rotatable bonds is 4. The molecule has 0 amide bonds. The number of benzene rings is 1. The highest BCUT2D eigenvalue weighted by Gasteiger charge is 2.49. The number of aromatic hydroxyl groups is 1. The lowest BCUT2D eigenvalue weighted by molar-refractivity contribution is -0.120. The molecule has 1 aromatic carbocycles. The van der Waals surface area contributed by atoms with Gasteiger partial charge in [0.2, 0.25) is 0 Å². The van der Waals surface area contributed by atoms with Gasteiger partial charge >= 0.3 is 0 Å². The fraction of sp³-hybridized carbons (Fsp3) is 0.625. The monoisotopic (exact) mass is 291 g/mol. The number of hydrogen-bond acceptors (Lipinski definition) is 4. The Balaban J connectivity index is 2.46. The standard InChI is InChI=1S/C16H26BNO3/c1-18(2)16(17,21)14(12-6-8-13(19)9-7-12)15(20)10-4-3-5-11-15/h6-9,14,19-21H,3-5,10-11,17H2,1-2H3. The molecule has 1 aliphatic rings. The number of hydrogen-bond donors (Lipinski definition) is 3. The second-order valence-electron chi connectivity index (χ2n) is 6.68. The van der Waals surface area contributed by atoms with Crippen molar-refractivity contribution in [3.63, 3.8) is 0 Å². The Hall–Kier alpha value is -1.04. The molecule has 0 radical (unpaired) electrons. The Kier molecular flexibility index (Phi) is 4.66. The highest BCUT2D eigenvalue weighted by molar-refractivity contribution is 6.14. The highest BCUT2D eigenvalue weighted by Crippen LogP contribution is 2.45. The third-order valence-corrected chi connectivity index (χ3v) is 4.94. The molecule has 2 rings (SSSR count). The zero-order chi connectivity index (χ0) is 15.7. The summed E-state index contributed by atoms with van der Waals surface area (Å²) in [6.45, 7) is 0. The molecule has 1 aromatic rings. The summed E-state index contributed by atoms with van der Waals surface area (Å²) < 4.78 is 0. The Morgan fingerprint density at radius 3 is 2.14 bits per heavy atom. The smallest absolute Gasteiger partial charge is 0.163 e. The van der Waals surface area contributed by atoms with Crippen LogP contribution in [-0.2, 0) is 0 Å². The SMILES string of the molecule is BC(O)(C(c1ccc(O)cc1)C1(O)CCCCC1)N(C)C. The maximum atomic E-state index is 11.2. The summed E-state index contributed by atoms with van der Waals surface area (Å²) in [5, 5.41) is 31.7. The normalized spacial score (nSPS) is 22.7. The van der Waals surface area contributed by atoms with Crippen molar-refractivity contribution < 1.29 is 15.3 Å². The van der Waals surface area contributed by atoms with E-state index in [4.69, 9.17) is 0 Å². The first-order valence-corrected chi connectivity index (χ1v) is 7.68. The van der Waals surface area contributed by atoms with Gasteiger partial charge in [-0.25, -0.2) is 0 Å². The fourth-order valence-electron chi connectivity index (χ4n) is 3.51. The van der Waals surface area contributed by atoms with Crippen LogP contribution in [0.15, 0.2) is 24.3 Å². The average Bonchev–Trinajstić information content (AvgIpc) is 2.41. The molecule has 2 unspecified atom stereocenters. The fourth-order valence-corrected chi connectivity index (χ4v) is 3.51. The largest absolute Gasteiger partial charge is 0.508 e. The zero-order valence-electron chi connectivity index (χ0n) is 13.2. The summed E-state index contributed by atoms with van der Waals surface area (Å²) in [6.07, 6.45) is 4.49. The maximum Gasteiger partial charge on any atom is 0.163 e. The quantitative estimate of drug-likeness (QED) is 0.572. The molecule has 3 N–H and O–H groups in total. The highest BCUT2D eigenvalue weighted by atomic mass is 16.3. The number of phenolic OH excluding ortho intramolecular Hbond substituents is 1. The summed E-state index contributed by atoms with van der Waals surface area (Å²) in [5.74, 6) is -0.224. The third-order valence-electron chi connectivity index (χ3n) is 4.94. The molecule has 21 heavy (non-hydrogen) atoms. The van der Waals surface area contributed by atoms with E-state index >= 15 is 0 Å². The maximum absolute atomic E-state index is 11.2. The van der Waals surface area contributed by atoms with Crippen LogP contribution in [0.1, 0.15) is 43.6 Å². The van der Waals surface area contributed by atoms with E-state index in [9.17, 15) is 15.3 Å². The summed E-state index contributed by atoms with van der Waals surface area (Å²) in [5.41, 5.74) is -1.22. The Labute approximate surface area is 127 Å². The van der Waals surface area contributed by atoms with Crippen LogP contribution in [0.2, 0.25) is 0 Å². The van der Waals surface area contributed by atoms with Crippen LogP contribution in [0.3, 0.4) is 0 Å². The van der Waals surface area contributed by atoms with Gasteiger partial charge in [-0.15, -0.1) is 0 Å². The Morgan fingerprint density at radius 2 is 1.67 bits per heavy atom. The zero-order valence-corrected chi connectivity index (χ0v) is 13.2. The topological polar surface area (TPSA) is 63.9 Å². The van der Waals surface area contributed by atoms with Gasteiger partial charge in [0.15, 0.2) is 7.85 Å². The Bertz CT molecular complexity index is 467. The molecular formula is C16H26BNO3. The molecule has 0 aliphatic heterocycles. The second kappa shape index (κ2) is 5.99. The molecule has 1 saturated carbocycles. The van der Waals surface area contributed by atoms with Gasteiger partial charge in [0, 0.05) is 5.92 Å². The molecular weight excluding hydrogens is 265 g/mol. The van der Waals surface area contributed by atoms with Crippen molar-refractivity contribution in [2.75, 3.05) is 14.1 Å². The molecule has 5 heteroatoms. The second-order valence-corrected chi connectivity index (χ2v) is 6.68. The molecule has 0 spiro atoms. The summed E-state index contributed by atoms with van der Waals surface area (Å²) >= 11 is 0. The van der Waals surface area contributed by atoms with E-state index in [2.05, 4.69) is 0 Å². The van der Waals surface area contributed by atoms with E-state index in [1.165, 1.54) is 0 Å². The molecule has 2 atom stereocenters. The van der Waals surface area contributed by atoms with Crippen LogP contribution in [0, 0.1) is 0 Å². The Morgan fingerprint density at radius 1 is 1.14 bits per heavy atom. The number of aliphatic hydroxyl groups is 2. The first-order valence-electron chi connectivity index (χ1n) is 7.68.